The minimum absolute atomic E-state index is 0.348. The molecule has 1 amide bonds. The number of ether oxygens (including phenoxy) is 1. The lowest BCUT2D eigenvalue weighted by molar-refractivity contribution is -0.114. The second-order valence-corrected chi connectivity index (χ2v) is 3.53. The molecule has 4 nitrogen and oxygen atoms in total. The first-order valence-corrected chi connectivity index (χ1v) is 5.30. The van der Waals surface area contributed by atoms with Crippen molar-refractivity contribution in [2.45, 2.75) is 13.8 Å². The number of amides is 1. The predicted octanol–water partition coefficient (Wildman–Crippen LogP) is 1.75. The maximum Gasteiger partial charge on any atom is 0.338 e. The first-order valence-electron chi connectivity index (χ1n) is 5.30. The van der Waals surface area contributed by atoms with Gasteiger partial charge in [0.15, 0.2) is 0 Å². The Balaban J connectivity index is 2.85. The van der Waals surface area contributed by atoms with Crippen molar-refractivity contribution in [2.24, 2.45) is 5.73 Å². The van der Waals surface area contributed by atoms with E-state index < -0.39 is 5.91 Å². The molecule has 2 N–H and O–H groups in total. The van der Waals surface area contributed by atoms with Crippen molar-refractivity contribution in [2.75, 3.05) is 6.61 Å². The number of esters is 1. The fourth-order valence-electron chi connectivity index (χ4n) is 1.25. The van der Waals surface area contributed by atoms with Gasteiger partial charge < -0.3 is 10.5 Å². The van der Waals surface area contributed by atoms with Crippen LogP contribution in [0.2, 0.25) is 0 Å². The van der Waals surface area contributed by atoms with E-state index in [9.17, 15) is 9.59 Å². The van der Waals surface area contributed by atoms with Gasteiger partial charge in [0.1, 0.15) is 0 Å². The summed E-state index contributed by atoms with van der Waals surface area (Å²) in [5, 5.41) is 0. The number of hydrogen-bond acceptors (Lipinski definition) is 3. The van der Waals surface area contributed by atoms with Crippen LogP contribution in [0.15, 0.2) is 29.8 Å². The zero-order valence-electron chi connectivity index (χ0n) is 9.90. The van der Waals surface area contributed by atoms with E-state index in [4.69, 9.17) is 10.5 Å². The SMILES string of the molecule is CCOC(=O)c1ccc(/C=C(\C)C(N)=O)cc1. The summed E-state index contributed by atoms with van der Waals surface area (Å²) in [5.41, 5.74) is 6.89. The summed E-state index contributed by atoms with van der Waals surface area (Å²) in [6.45, 7) is 3.74. The van der Waals surface area contributed by atoms with Crippen LogP contribution in [0, 0.1) is 0 Å². The first kappa shape index (κ1) is 13.0. The number of nitrogens with two attached hydrogens (primary N) is 1. The molecule has 0 heterocycles. The third-order valence-electron chi connectivity index (χ3n) is 2.19. The second kappa shape index (κ2) is 5.84. The Morgan fingerprint density at radius 2 is 1.88 bits per heavy atom. The van der Waals surface area contributed by atoms with E-state index in [0.717, 1.165) is 5.56 Å². The van der Waals surface area contributed by atoms with E-state index in [-0.39, 0.29) is 5.97 Å². The Morgan fingerprint density at radius 3 is 2.35 bits per heavy atom. The van der Waals surface area contributed by atoms with Gasteiger partial charge in [0, 0.05) is 5.57 Å². The molecule has 1 aromatic carbocycles. The average molecular weight is 233 g/mol. The molecule has 0 saturated heterocycles. The number of primary amides is 1. The van der Waals surface area contributed by atoms with Gasteiger partial charge in [-0.15, -0.1) is 0 Å². The summed E-state index contributed by atoms with van der Waals surface area (Å²) in [6, 6.07) is 6.77. The Morgan fingerprint density at radius 1 is 1.29 bits per heavy atom. The summed E-state index contributed by atoms with van der Waals surface area (Å²) < 4.78 is 4.86. The Labute approximate surface area is 100 Å². The average Bonchev–Trinajstić information content (AvgIpc) is 2.30. The van der Waals surface area contributed by atoms with Crippen molar-refractivity contribution in [3.05, 3.63) is 41.0 Å². The number of benzene rings is 1. The van der Waals surface area contributed by atoms with Crippen LogP contribution >= 0.6 is 0 Å². The van der Waals surface area contributed by atoms with E-state index in [0.29, 0.717) is 17.7 Å². The number of hydrogen-bond donors (Lipinski definition) is 1. The highest BCUT2D eigenvalue weighted by atomic mass is 16.5. The van der Waals surface area contributed by atoms with Crippen molar-refractivity contribution in [3.8, 4) is 0 Å². The maximum absolute atomic E-state index is 11.4. The topological polar surface area (TPSA) is 69.4 Å². The van der Waals surface area contributed by atoms with Crippen molar-refractivity contribution in [1.82, 2.24) is 0 Å². The molecule has 0 aliphatic rings. The summed E-state index contributed by atoms with van der Waals surface area (Å²) in [5.74, 6) is -0.811. The van der Waals surface area contributed by atoms with Crippen LogP contribution in [-0.4, -0.2) is 18.5 Å². The Kier molecular flexibility index (Phi) is 4.46. The van der Waals surface area contributed by atoms with Gasteiger partial charge in [-0.2, -0.15) is 0 Å². The molecular weight excluding hydrogens is 218 g/mol. The summed E-state index contributed by atoms with van der Waals surface area (Å²) >= 11 is 0. The molecule has 1 rings (SSSR count). The van der Waals surface area contributed by atoms with E-state index >= 15 is 0 Å². The van der Waals surface area contributed by atoms with E-state index in [2.05, 4.69) is 0 Å². The minimum Gasteiger partial charge on any atom is -0.462 e. The van der Waals surface area contributed by atoms with Crippen molar-refractivity contribution in [1.29, 1.82) is 0 Å². The third kappa shape index (κ3) is 3.75. The molecule has 1 aromatic rings. The fourth-order valence-corrected chi connectivity index (χ4v) is 1.25. The normalized spacial score (nSPS) is 11.1. The van der Waals surface area contributed by atoms with Crippen LogP contribution in [-0.2, 0) is 9.53 Å². The molecule has 4 heteroatoms. The molecule has 0 unspecified atom stereocenters. The van der Waals surface area contributed by atoms with Crippen LogP contribution in [0.1, 0.15) is 29.8 Å². The standard InChI is InChI=1S/C13H15NO3/c1-3-17-13(16)11-6-4-10(5-7-11)8-9(2)12(14)15/h4-8H,3H2,1-2H3,(H2,14,15)/b9-8+. The molecule has 90 valence electrons. The third-order valence-corrected chi connectivity index (χ3v) is 2.19. The quantitative estimate of drug-likeness (QED) is 0.636. The number of rotatable bonds is 4. The monoisotopic (exact) mass is 233 g/mol. The molecule has 0 atom stereocenters. The predicted molar refractivity (Wildman–Crippen MR) is 65.2 cm³/mol. The van der Waals surface area contributed by atoms with Gasteiger partial charge in [0.25, 0.3) is 0 Å². The zero-order valence-corrected chi connectivity index (χ0v) is 9.90. The van der Waals surface area contributed by atoms with Crippen molar-refractivity contribution in [3.63, 3.8) is 0 Å². The minimum atomic E-state index is -0.459. The summed E-state index contributed by atoms with van der Waals surface area (Å²) in [4.78, 5) is 22.2. The van der Waals surface area contributed by atoms with Gasteiger partial charge in [0.2, 0.25) is 5.91 Å². The van der Waals surface area contributed by atoms with Gasteiger partial charge in [-0.3, -0.25) is 4.79 Å². The molecule has 0 bridgehead atoms. The summed E-state index contributed by atoms with van der Waals surface area (Å²) in [7, 11) is 0. The maximum atomic E-state index is 11.4. The largest absolute Gasteiger partial charge is 0.462 e. The lowest BCUT2D eigenvalue weighted by Crippen LogP contribution is -2.11. The van der Waals surface area contributed by atoms with Gasteiger partial charge >= 0.3 is 5.97 Å². The van der Waals surface area contributed by atoms with E-state index in [1.54, 1.807) is 44.2 Å². The van der Waals surface area contributed by atoms with Crippen LogP contribution in [0.5, 0.6) is 0 Å². The summed E-state index contributed by atoms with van der Waals surface area (Å²) in [6.07, 6.45) is 1.66. The smallest absolute Gasteiger partial charge is 0.338 e. The lowest BCUT2D eigenvalue weighted by atomic mass is 10.1. The van der Waals surface area contributed by atoms with Crippen molar-refractivity contribution >= 4 is 18.0 Å². The van der Waals surface area contributed by atoms with Gasteiger partial charge in [-0.05, 0) is 37.6 Å². The van der Waals surface area contributed by atoms with E-state index in [1.807, 2.05) is 0 Å². The van der Waals surface area contributed by atoms with Crippen LogP contribution in [0.4, 0.5) is 0 Å². The molecule has 0 spiro atoms. The van der Waals surface area contributed by atoms with Crippen molar-refractivity contribution < 1.29 is 14.3 Å². The van der Waals surface area contributed by atoms with Crippen LogP contribution < -0.4 is 5.73 Å². The highest BCUT2D eigenvalue weighted by molar-refractivity contribution is 5.96. The Bertz CT molecular complexity index is 446. The highest BCUT2D eigenvalue weighted by Crippen LogP contribution is 2.09. The molecular formula is C13H15NO3. The molecule has 0 fully saturated rings. The molecule has 17 heavy (non-hydrogen) atoms. The molecule has 0 aliphatic carbocycles. The first-order chi connectivity index (χ1) is 8.04. The fraction of sp³-hybridized carbons (Fsp3) is 0.231. The van der Waals surface area contributed by atoms with Gasteiger partial charge in [0.05, 0.1) is 12.2 Å². The number of carbonyl (C=O) groups excluding carboxylic acids is 2. The molecule has 0 aliphatic heterocycles. The van der Waals surface area contributed by atoms with Crippen LogP contribution in [0.25, 0.3) is 6.08 Å². The van der Waals surface area contributed by atoms with Gasteiger partial charge in [-0.1, -0.05) is 12.1 Å². The molecule has 0 saturated carbocycles. The molecule has 0 aromatic heterocycles. The van der Waals surface area contributed by atoms with E-state index in [1.165, 1.54) is 0 Å². The molecule has 0 radical (unpaired) electrons. The van der Waals surface area contributed by atoms with Crippen LogP contribution in [0.3, 0.4) is 0 Å². The highest BCUT2D eigenvalue weighted by Gasteiger charge is 2.05. The second-order valence-electron chi connectivity index (χ2n) is 3.53. The van der Waals surface area contributed by atoms with Gasteiger partial charge in [-0.25, -0.2) is 4.79 Å². The lowest BCUT2D eigenvalue weighted by Gasteiger charge is -2.02. The number of carbonyl (C=O) groups is 2. The Hall–Kier alpha value is -2.10. The zero-order chi connectivity index (χ0) is 12.8.